The highest BCUT2D eigenvalue weighted by Gasteiger charge is 2.34. The molecule has 0 bridgehead atoms. The van der Waals surface area contributed by atoms with Crippen LogP contribution in [0.2, 0.25) is 0 Å². The van der Waals surface area contributed by atoms with Gasteiger partial charge in [-0.3, -0.25) is 14.6 Å². The summed E-state index contributed by atoms with van der Waals surface area (Å²) in [7, 11) is 0. The Kier molecular flexibility index (Phi) is 6.35. The van der Waals surface area contributed by atoms with Crippen LogP contribution in [0.5, 0.6) is 11.5 Å². The van der Waals surface area contributed by atoms with Gasteiger partial charge in [-0.2, -0.15) is 0 Å². The predicted octanol–water partition coefficient (Wildman–Crippen LogP) is 2.44. The molecule has 2 amide bonds. The minimum absolute atomic E-state index is 0.0877. The Morgan fingerprint density at radius 2 is 2.00 bits per heavy atom. The van der Waals surface area contributed by atoms with Crippen molar-refractivity contribution < 1.29 is 23.5 Å². The smallest absolute Gasteiger partial charge is 0.252 e. The highest BCUT2D eigenvalue weighted by atomic mass is 79.9. The predicted molar refractivity (Wildman–Crippen MR) is 113 cm³/mol. The standard InChI is InChI=1S/C21H22BrFN4O4/c22-19-8-15(21(24)29)18(10-26-19)31-17-5-6-27(11-16(17)23)20(28)7-12-1-2-14(9-25-12)30-13-3-4-13/h1-2,8-10,13,16-17H,3-7,11H2,(H2,24,29)/t16?,17-/m1/s1. The summed E-state index contributed by atoms with van der Waals surface area (Å²) in [5, 5.41) is 0. The van der Waals surface area contributed by atoms with Crippen LogP contribution in [0.4, 0.5) is 4.39 Å². The van der Waals surface area contributed by atoms with Gasteiger partial charge in [0.05, 0.1) is 37.0 Å². The summed E-state index contributed by atoms with van der Waals surface area (Å²) in [6.07, 6.45) is 3.50. The Morgan fingerprint density at radius 3 is 2.65 bits per heavy atom. The second kappa shape index (κ2) is 9.17. The van der Waals surface area contributed by atoms with E-state index in [0.29, 0.717) is 22.6 Å². The van der Waals surface area contributed by atoms with Crippen molar-refractivity contribution in [3.8, 4) is 11.5 Å². The van der Waals surface area contributed by atoms with E-state index in [2.05, 4.69) is 25.9 Å². The number of alkyl halides is 1. The average molecular weight is 493 g/mol. The first-order valence-corrected chi connectivity index (χ1v) is 10.8. The van der Waals surface area contributed by atoms with Crippen molar-refractivity contribution in [1.82, 2.24) is 14.9 Å². The van der Waals surface area contributed by atoms with E-state index in [4.69, 9.17) is 15.2 Å². The van der Waals surface area contributed by atoms with Crippen LogP contribution in [-0.4, -0.2) is 58.2 Å². The summed E-state index contributed by atoms with van der Waals surface area (Å²) in [5.74, 6) is -0.0751. The van der Waals surface area contributed by atoms with Crippen LogP contribution in [0.3, 0.4) is 0 Å². The summed E-state index contributed by atoms with van der Waals surface area (Å²) in [6.45, 7) is 0.241. The van der Waals surface area contributed by atoms with Crippen molar-refractivity contribution in [3.05, 3.63) is 46.5 Å². The molecular formula is C21H22BrFN4O4. The average Bonchev–Trinajstić information content (AvgIpc) is 3.56. The van der Waals surface area contributed by atoms with Crippen molar-refractivity contribution in [2.45, 2.75) is 44.1 Å². The molecule has 1 saturated heterocycles. The SMILES string of the molecule is NC(=O)c1cc(Br)ncc1O[C@@H]1CCN(C(=O)Cc2ccc(OC3CC3)cn2)CC1F. The number of primary amides is 1. The van der Waals surface area contributed by atoms with E-state index < -0.39 is 18.2 Å². The van der Waals surface area contributed by atoms with Gasteiger partial charge in [0.1, 0.15) is 16.5 Å². The number of aromatic nitrogens is 2. The molecule has 1 aliphatic carbocycles. The molecule has 0 aromatic carbocycles. The minimum atomic E-state index is -1.41. The Bertz CT molecular complexity index is 970. The molecule has 2 N–H and O–H groups in total. The molecular weight excluding hydrogens is 471 g/mol. The van der Waals surface area contributed by atoms with Crippen LogP contribution >= 0.6 is 15.9 Å². The van der Waals surface area contributed by atoms with Crippen LogP contribution in [0, 0.1) is 0 Å². The van der Waals surface area contributed by atoms with E-state index in [-0.39, 0.29) is 42.7 Å². The fourth-order valence-corrected chi connectivity index (χ4v) is 3.67. The first-order valence-electron chi connectivity index (χ1n) is 10.0. The maximum atomic E-state index is 14.8. The number of rotatable bonds is 7. The van der Waals surface area contributed by atoms with Gasteiger partial charge < -0.3 is 20.1 Å². The molecule has 2 fully saturated rings. The lowest BCUT2D eigenvalue weighted by molar-refractivity contribution is -0.134. The third kappa shape index (κ3) is 5.49. The van der Waals surface area contributed by atoms with Crippen LogP contribution in [0.15, 0.2) is 35.2 Å². The first kappa shape index (κ1) is 21.5. The zero-order valence-electron chi connectivity index (χ0n) is 16.7. The van der Waals surface area contributed by atoms with Gasteiger partial charge in [-0.25, -0.2) is 9.37 Å². The maximum Gasteiger partial charge on any atom is 0.252 e. The summed E-state index contributed by atoms with van der Waals surface area (Å²) < 4.78 is 26.5. The molecule has 2 aromatic rings. The summed E-state index contributed by atoms with van der Waals surface area (Å²) in [4.78, 5) is 34.0. The number of nitrogens with zero attached hydrogens (tertiary/aromatic N) is 3. The van der Waals surface area contributed by atoms with Gasteiger partial charge in [0.25, 0.3) is 5.91 Å². The van der Waals surface area contributed by atoms with Crippen molar-refractivity contribution in [2.24, 2.45) is 5.73 Å². The Hall–Kier alpha value is -2.75. The van der Waals surface area contributed by atoms with Crippen LogP contribution in [0.1, 0.15) is 35.3 Å². The molecule has 8 nitrogen and oxygen atoms in total. The van der Waals surface area contributed by atoms with E-state index in [0.717, 1.165) is 12.8 Å². The molecule has 31 heavy (non-hydrogen) atoms. The number of nitrogens with two attached hydrogens (primary N) is 1. The molecule has 1 saturated carbocycles. The van der Waals surface area contributed by atoms with Crippen molar-refractivity contribution in [3.63, 3.8) is 0 Å². The van der Waals surface area contributed by atoms with Gasteiger partial charge in [-0.05, 0) is 47.0 Å². The molecule has 2 aliphatic rings. The zero-order chi connectivity index (χ0) is 22.0. The Morgan fingerprint density at radius 1 is 1.19 bits per heavy atom. The molecule has 2 atom stereocenters. The topological polar surface area (TPSA) is 108 Å². The third-order valence-electron chi connectivity index (χ3n) is 5.17. The number of pyridine rings is 2. The number of carbonyl (C=O) groups excluding carboxylic acids is 2. The zero-order valence-corrected chi connectivity index (χ0v) is 18.3. The fourth-order valence-electron chi connectivity index (χ4n) is 3.34. The lowest BCUT2D eigenvalue weighted by atomic mass is 10.0. The number of piperidine rings is 1. The van der Waals surface area contributed by atoms with Crippen molar-refractivity contribution in [1.29, 1.82) is 0 Å². The fraction of sp³-hybridized carbons (Fsp3) is 0.429. The third-order valence-corrected chi connectivity index (χ3v) is 5.60. The molecule has 10 heteroatoms. The van der Waals surface area contributed by atoms with Gasteiger partial charge >= 0.3 is 0 Å². The highest BCUT2D eigenvalue weighted by molar-refractivity contribution is 9.10. The Labute approximate surface area is 187 Å². The normalized spacial score (nSPS) is 20.9. The number of carbonyl (C=O) groups is 2. The first-order chi connectivity index (χ1) is 14.9. The Balaban J connectivity index is 1.32. The van der Waals surface area contributed by atoms with E-state index >= 15 is 0 Å². The molecule has 1 aliphatic heterocycles. The minimum Gasteiger partial charge on any atom is -0.489 e. The molecule has 0 spiro atoms. The molecule has 4 rings (SSSR count). The monoisotopic (exact) mass is 492 g/mol. The second-order valence-electron chi connectivity index (χ2n) is 7.65. The number of halogens is 2. The number of ether oxygens (including phenoxy) is 2. The molecule has 0 radical (unpaired) electrons. The number of hydrogen-bond donors (Lipinski definition) is 1. The van der Waals surface area contributed by atoms with Gasteiger partial charge in [-0.15, -0.1) is 0 Å². The van der Waals surface area contributed by atoms with Crippen LogP contribution in [-0.2, 0) is 11.2 Å². The lowest BCUT2D eigenvalue weighted by Gasteiger charge is -2.35. The van der Waals surface area contributed by atoms with Crippen molar-refractivity contribution >= 4 is 27.7 Å². The van der Waals surface area contributed by atoms with Gasteiger partial charge in [0.15, 0.2) is 11.9 Å². The van der Waals surface area contributed by atoms with Gasteiger partial charge in [0.2, 0.25) is 5.91 Å². The second-order valence-corrected chi connectivity index (χ2v) is 8.46. The number of amides is 2. The molecule has 1 unspecified atom stereocenters. The summed E-state index contributed by atoms with van der Waals surface area (Å²) >= 11 is 3.16. The van der Waals surface area contributed by atoms with Gasteiger partial charge in [-0.1, -0.05) is 0 Å². The summed E-state index contributed by atoms with van der Waals surface area (Å²) in [5.41, 5.74) is 6.09. The van der Waals surface area contributed by atoms with Crippen LogP contribution in [0.25, 0.3) is 0 Å². The largest absolute Gasteiger partial charge is 0.489 e. The van der Waals surface area contributed by atoms with Gasteiger partial charge in [0, 0.05) is 18.7 Å². The quantitative estimate of drug-likeness (QED) is 0.594. The van der Waals surface area contributed by atoms with E-state index in [1.165, 1.54) is 17.2 Å². The molecule has 164 valence electrons. The highest BCUT2D eigenvalue weighted by Crippen LogP contribution is 2.27. The van der Waals surface area contributed by atoms with E-state index in [9.17, 15) is 14.0 Å². The van der Waals surface area contributed by atoms with E-state index in [1.807, 2.05) is 0 Å². The number of hydrogen-bond acceptors (Lipinski definition) is 6. The van der Waals surface area contributed by atoms with Crippen LogP contribution < -0.4 is 15.2 Å². The number of likely N-dealkylation sites (tertiary alicyclic amines) is 1. The van der Waals surface area contributed by atoms with Crippen molar-refractivity contribution in [2.75, 3.05) is 13.1 Å². The molecule has 3 heterocycles. The van der Waals surface area contributed by atoms with E-state index in [1.54, 1.807) is 18.3 Å². The summed E-state index contributed by atoms with van der Waals surface area (Å²) in [6, 6.07) is 4.98. The molecule has 2 aromatic heterocycles. The lowest BCUT2D eigenvalue weighted by Crippen LogP contribution is -2.49. The maximum absolute atomic E-state index is 14.8.